The zero-order valence-corrected chi connectivity index (χ0v) is 8.62. The lowest BCUT2D eigenvalue weighted by atomic mass is 10.2. The third kappa shape index (κ3) is 2.97. The lowest BCUT2D eigenvalue weighted by molar-refractivity contribution is -0.232. The van der Waals surface area contributed by atoms with Crippen molar-refractivity contribution in [2.75, 3.05) is 20.8 Å². The predicted octanol–water partition coefficient (Wildman–Crippen LogP) is 1.28. The fraction of sp³-hybridized carbons (Fsp3) is 0.500. The molecule has 0 saturated heterocycles. The minimum absolute atomic E-state index is 0.205. The van der Waals surface area contributed by atoms with Gasteiger partial charge in [0.15, 0.2) is 0 Å². The van der Waals surface area contributed by atoms with E-state index in [9.17, 15) is 4.79 Å². The highest BCUT2D eigenvalue weighted by molar-refractivity contribution is 5.78. The molecule has 1 unspecified atom stereocenters. The number of hydrogen-bond acceptors (Lipinski definition) is 4. The monoisotopic (exact) mass is 200 g/mol. The second-order valence-electron chi connectivity index (χ2n) is 2.54. The summed E-state index contributed by atoms with van der Waals surface area (Å²) in [6.07, 6.45) is 3.29. The maximum Gasteiger partial charge on any atom is 0.366 e. The average molecular weight is 200 g/mol. The van der Waals surface area contributed by atoms with Crippen LogP contribution in [0.2, 0.25) is 0 Å². The first kappa shape index (κ1) is 12.9. The molecular weight excluding hydrogens is 184 g/mol. The largest absolute Gasteiger partial charge is 0.465 e. The van der Waals surface area contributed by atoms with E-state index in [0.717, 1.165) is 0 Å². The van der Waals surface area contributed by atoms with Crippen LogP contribution in [-0.4, -0.2) is 32.6 Å². The van der Waals surface area contributed by atoms with Crippen molar-refractivity contribution in [2.24, 2.45) is 0 Å². The van der Waals surface area contributed by atoms with Crippen molar-refractivity contribution in [1.29, 1.82) is 0 Å². The Morgan fingerprint density at radius 1 is 1.36 bits per heavy atom. The van der Waals surface area contributed by atoms with E-state index in [2.05, 4.69) is 17.9 Å². The van der Waals surface area contributed by atoms with Crippen LogP contribution in [0.25, 0.3) is 0 Å². The molecule has 0 N–H and O–H groups in total. The fourth-order valence-corrected chi connectivity index (χ4v) is 0.966. The van der Waals surface area contributed by atoms with Crippen LogP contribution in [0.15, 0.2) is 25.3 Å². The summed E-state index contributed by atoms with van der Waals surface area (Å²) in [5.74, 6) is -1.98. The van der Waals surface area contributed by atoms with E-state index >= 15 is 0 Å². The first-order valence-electron chi connectivity index (χ1n) is 4.16. The number of carbonyl (C=O) groups excluding carboxylic acids is 1. The van der Waals surface area contributed by atoms with E-state index in [1.807, 2.05) is 0 Å². The Labute approximate surface area is 84.1 Å². The van der Waals surface area contributed by atoms with Crippen LogP contribution in [0.5, 0.6) is 0 Å². The number of ether oxygens (including phenoxy) is 3. The van der Waals surface area contributed by atoms with E-state index in [1.54, 1.807) is 0 Å². The summed E-state index contributed by atoms with van der Waals surface area (Å²) in [4.78, 5) is 11.4. The van der Waals surface area contributed by atoms with Gasteiger partial charge in [0, 0.05) is 13.5 Å². The topological polar surface area (TPSA) is 44.8 Å². The van der Waals surface area contributed by atoms with Gasteiger partial charge in [-0.2, -0.15) is 0 Å². The fourth-order valence-electron chi connectivity index (χ4n) is 0.966. The second kappa shape index (κ2) is 6.34. The standard InChI is InChI=1S/C10H16O4/c1-5-7-10(13-4,9(11)12-3)14-8-6-2/h5-6H,1-2,7-8H2,3-4H3. The first-order valence-corrected chi connectivity index (χ1v) is 4.16. The molecule has 0 aliphatic heterocycles. The van der Waals surface area contributed by atoms with Crippen molar-refractivity contribution in [1.82, 2.24) is 0 Å². The van der Waals surface area contributed by atoms with E-state index < -0.39 is 11.8 Å². The van der Waals surface area contributed by atoms with Gasteiger partial charge in [0.25, 0.3) is 5.79 Å². The third-order valence-corrected chi connectivity index (χ3v) is 1.67. The van der Waals surface area contributed by atoms with Crippen molar-refractivity contribution in [2.45, 2.75) is 12.2 Å². The van der Waals surface area contributed by atoms with Crippen LogP contribution in [-0.2, 0) is 19.0 Å². The van der Waals surface area contributed by atoms with Crippen LogP contribution in [0, 0.1) is 0 Å². The molecule has 0 aromatic carbocycles. The van der Waals surface area contributed by atoms with Gasteiger partial charge in [-0.05, 0) is 0 Å². The van der Waals surface area contributed by atoms with E-state index in [4.69, 9.17) is 9.47 Å². The summed E-state index contributed by atoms with van der Waals surface area (Å²) in [7, 11) is 2.65. The molecule has 0 aliphatic rings. The van der Waals surface area contributed by atoms with Gasteiger partial charge in [-0.3, -0.25) is 0 Å². The highest BCUT2D eigenvalue weighted by Crippen LogP contribution is 2.19. The van der Waals surface area contributed by atoms with Crippen molar-refractivity contribution in [3.63, 3.8) is 0 Å². The van der Waals surface area contributed by atoms with Crippen LogP contribution in [0.4, 0.5) is 0 Å². The SMILES string of the molecule is C=CCOC(CC=C)(OC)C(=O)OC. The van der Waals surface area contributed by atoms with Gasteiger partial charge < -0.3 is 14.2 Å². The normalized spacial score (nSPS) is 14.1. The summed E-state index contributed by atoms with van der Waals surface area (Å²) < 4.78 is 14.8. The number of carbonyl (C=O) groups is 1. The summed E-state index contributed by atoms with van der Waals surface area (Å²) >= 11 is 0. The maximum absolute atomic E-state index is 11.4. The first-order chi connectivity index (χ1) is 6.66. The molecule has 0 aliphatic carbocycles. The zero-order valence-electron chi connectivity index (χ0n) is 8.62. The Hall–Kier alpha value is -1.13. The Balaban J connectivity index is 4.66. The molecule has 0 bridgehead atoms. The quantitative estimate of drug-likeness (QED) is 0.353. The number of esters is 1. The summed E-state index contributed by atoms with van der Waals surface area (Å²) in [6, 6.07) is 0. The van der Waals surface area contributed by atoms with Gasteiger partial charge in [0.1, 0.15) is 0 Å². The molecule has 4 nitrogen and oxygen atoms in total. The molecule has 0 spiro atoms. The highest BCUT2D eigenvalue weighted by Gasteiger charge is 2.39. The summed E-state index contributed by atoms with van der Waals surface area (Å²) in [5, 5.41) is 0. The lowest BCUT2D eigenvalue weighted by Crippen LogP contribution is -2.44. The Bertz CT molecular complexity index is 212. The Morgan fingerprint density at radius 3 is 2.36 bits per heavy atom. The molecule has 0 saturated carbocycles. The van der Waals surface area contributed by atoms with E-state index in [1.165, 1.54) is 26.4 Å². The molecule has 0 rings (SSSR count). The number of rotatable bonds is 7. The second-order valence-corrected chi connectivity index (χ2v) is 2.54. The molecule has 1 atom stereocenters. The molecule has 14 heavy (non-hydrogen) atoms. The van der Waals surface area contributed by atoms with Crippen LogP contribution >= 0.6 is 0 Å². The maximum atomic E-state index is 11.4. The molecule has 0 aromatic rings. The lowest BCUT2D eigenvalue weighted by Gasteiger charge is -2.27. The smallest absolute Gasteiger partial charge is 0.366 e. The van der Waals surface area contributed by atoms with Gasteiger partial charge in [-0.1, -0.05) is 12.2 Å². The number of methoxy groups -OCH3 is 2. The van der Waals surface area contributed by atoms with Crippen molar-refractivity contribution in [3.05, 3.63) is 25.3 Å². The molecule has 0 amide bonds. The van der Waals surface area contributed by atoms with Gasteiger partial charge in [0.05, 0.1) is 13.7 Å². The predicted molar refractivity (Wildman–Crippen MR) is 52.7 cm³/mol. The number of hydrogen-bond donors (Lipinski definition) is 0. The molecule has 0 radical (unpaired) electrons. The Kier molecular flexibility index (Phi) is 5.83. The highest BCUT2D eigenvalue weighted by atomic mass is 16.7. The molecule has 80 valence electrons. The minimum Gasteiger partial charge on any atom is -0.465 e. The van der Waals surface area contributed by atoms with Crippen molar-refractivity contribution >= 4 is 5.97 Å². The summed E-state index contributed by atoms with van der Waals surface area (Å²) in [6.45, 7) is 7.21. The molecular formula is C10H16O4. The summed E-state index contributed by atoms with van der Waals surface area (Å²) in [5.41, 5.74) is 0. The third-order valence-electron chi connectivity index (χ3n) is 1.67. The van der Waals surface area contributed by atoms with Gasteiger partial charge in [-0.25, -0.2) is 4.79 Å². The van der Waals surface area contributed by atoms with Crippen molar-refractivity contribution < 1.29 is 19.0 Å². The van der Waals surface area contributed by atoms with Crippen LogP contribution in [0.1, 0.15) is 6.42 Å². The minimum atomic E-state index is -1.40. The molecule has 0 aromatic heterocycles. The van der Waals surface area contributed by atoms with Gasteiger partial charge >= 0.3 is 5.97 Å². The zero-order chi connectivity index (χ0) is 11.0. The van der Waals surface area contributed by atoms with E-state index in [0.29, 0.717) is 0 Å². The Morgan fingerprint density at radius 2 is 2.00 bits per heavy atom. The van der Waals surface area contributed by atoms with E-state index in [-0.39, 0.29) is 13.0 Å². The van der Waals surface area contributed by atoms with Crippen LogP contribution < -0.4 is 0 Å². The molecule has 0 fully saturated rings. The van der Waals surface area contributed by atoms with Gasteiger partial charge in [-0.15, -0.1) is 13.2 Å². The van der Waals surface area contributed by atoms with Crippen LogP contribution in [0.3, 0.4) is 0 Å². The average Bonchev–Trinajstić information content (AvgIpc) is 2.23. The van der Waals surface area contributed by atoms with Gasteiger partial charge in [0.2, 0.25) is 0 Å². The molecule has 0 heterocycles. The van der Waals surface area contributed by atoms with Crippen molar-refractivity contribution in [3.8, 4) is 0 Å². The molecule has 4 heteroatoms.